The Morgan fingerprint density at radius 1 is 1.30 bits per heavy atom. The fraction of sp³-hybridized carbons (Fsp3) is 0.769. The van der Waals surface area contributed by atoms with Gasteiger partial charge in [0, 0.05) is 32.6 Å². The lowest BCUT2D eigenvalue weighted by Gasteiger charge is -2.34. The molecule has 2 atom stereocenters. The van der Waals surface area contributed by atoms with Gasteiger partial charge in [0.2, 0.25) is 5.91 Å². The van der Waals surface area contributed by atoms with Crippen LogP contribution in [0.15, 0.2) is 0 Å². The summed E-state index contributed by atoms with van der Waals surface area (Å²) in [6, 6.07) is -0.268. The zero-order chi connectivity index (χ0) is 14.9. The summed E-state index contributed by atoms with van der Waals surface area (Å²) in [5.74, 6) is -1.07. The molecule has 0 saturated carbocycles. The van der Waals surface area contributed by atoms with E-state index in [1.807, 2.05) is 0 Å². The first kappa shape index (κ1) is 14.6. The van der Waals surface area contributed by atoms with E-state index in [4.69, 9.17) is 0 Å². The molecule has 0 aliphatic carbocycles. The average molecular weight is 283 g/mol. The maximum atomic E-state index is 12.5. The van der Waals surface area contributed by atoms with Crippen molar-refractivity contribution in [3.8, 4) is 0 Å². The number of carbonyl (C=O) groups excluding carboxylic acids is 2. The lowest BCUT2D eigenvalue weighted by Crippen LogP contribution is -2.55. The maximum Gasteiger partial charge on any atom is 0.329 e. The zero-order valence-corrected chi connectivity index (χ0v) is 11.9. The molecule has 2 fully saturated rings. The Bertz CT molecular complexity index is 439. The minimum absolute atomic E-state index is 0.0323. The minimum atomic E-state index is -1.11. The van der Waals surface area contributed by atoms with Crippen molar-refractivity contribution in [1.29, 1.82) is 0 Å². The van der Waals surface area contributed by atoms with Crippen LogP contribution in [0.1, 0.15) is 33.1 Å². The summed E-state index contributed by atoms with van der Waals surface area (Å²) >= 11 is 0. The van der Waals surface area contributed by atoms with E-state index < -0.39 is 11.5 Å². The molecule has 2 aliphatic heterocycles. The van der Waals surface area contributed by atoms with Crippen molar-refractivity contribution in [2.24, 2.45) is 0 Å². The van der Waals surface area contributed by atoms with Crippen molar-refractivity contribution in [2.45, 2.75) is 44.7 Å². The van der Waals surface area contributed by atoms with Gasteiger partial charge in [-0.05, 0) is 26.2 Å². The molecule has 112 valence electrons. The molecular formula is C13H21N3O4. The van der Waals surface area contributed by atoms with Gasteiger partial charge in [-0.1, -0.05) is 0 Å². The van der Waals surface area contributed by atoms with Gasteiger partial charge in [0.15, 0.2) is 0 Å². The lowest BCUT2D eigenvalue weighted by molar-refractivity contribution is -0.147. The number of hydrogen-bond donors (Lipinski definition) is 2. The topological polar surface area (TPSA) is 90.0 Å². The molecule has 0 radical (unpaired) electrons. The first-order valence-electron chi connectivity index (χ1n) is 6.91. The van der Waals surface area contributed by atoms with E-state index in [0.29, 0.717) is 38.9 Å². The Morgan fingerprint density at radius 2 is 2.00 bits per heavy atom. The number of likely N-dealkylation sites (tertiary alicyclic amines) is 2. The summed E-state index contributed by atoms with van der Waals surface area (Å²) in [4.78, 5) is 38.0. The smallest absolute Gasteiger partial charge is 0.329 e. The average Bonchev–Trinajstić information content (AvgIpc) is 2.95. The van der Waals surface area contributed by atoms with Gasteiger partial charge in [-0.3, -0.25) is 4.79 Å². The minimum Gasteiger partial charge on any atom is -0.480 e. The summed E-state index contributed by atoms with van der Waals surface area (Å²) in [6.07, 6.45) is 1.90. The molecule has 2 aliphatic rings. The molecule has 7 heteroatoms. The van der Waals surface area contributed by atoms with Crippen LogP contribution in [-0.2, 0) is 9.59 Å². The molecule has 0 aromatic rings. The summed E-state index contributed by atoms with van der Waals surface area (Å²) in [7, 11) is 0. The highest BCUT2D eigenvalue weighted by Crippen LogP contribution is 2.31. The van der Waals surface area contributed by atoms with Crippen LogP contribution in [0, 0.1) is 0 Å². The number of carboxylic acid groups (broad SMARTS) is 1. The van der Waals surface area contributed by atoms with Gasteiger partial charge in [-0.25, -0.2) is 9.59 Å². The van der Waals surface area contributed by atoms with Crippen LogP contribution in [-0.4, -0.2) is 64.0 Å². The number of nitrogens with one attached hydrogen (secondary N) is 1. The second-order valence-electron chi connectivity index (χ2n) is 5.75. The third-order valence-corrected chi connectivity index (χ3v) is 4.20. The van der Waals surface area contributed by atoms with E-state index in [1.54, 1.807) is 11.8 Å². The molecule has 2 heterocycles. The van der Waals surface area contributed by atoms with Crippen LogP contribution in [0.25, 0.3) is 0 Å². The number of carbonyl (C=O) groups is 3. The second kappa shape index (κ2) is 5.30. The first-order chi connectivity index (χ1) is 9.34. The van der Waals surface area contributed by atoms with E-state index >= 15 is 0 Å². The summed E-state index contributed by atoms with van der Waals surface area (Å²) < 4.78 is 0. The third-order valence-electron chi connectivity index (χ3n) is 4.20. The monoisotopic (exact) mass is 283 g/mol. The Kier molecular flexibility index (Phi) is 3.87. The maximum absolute atomic E-state index is 12.5. The van der Waals surface area contributed by atoms with Crippen LogP contribution in [0.5, 0.6) is 0 Å². The highest BCUT2D eigenvalue weighted by atomic mass is 16.4. The largest absolute Gasteiger partial charge is 0.480 e. The number of carboxylic acids is 1. The normalized spacial score (nSPS) is 29.6. The molecule has 2 saturated heterocycles. The number of urea groups is 1. The molecule has 0 bridgehead atoms. The summed E-state index contributed by atoms with van der Waals surface area (Å²) in [5, 5.41) is 12.1. The van der Waals surface area contributed by atoms with Crippen molar-refractivity contribution in [2.75, 3.05) is 19.6 Å². The van der Waals surface area contributed by atoms with Crippen molar-refractivity contribution in [3.63, 3.8) is 0 Å². The number of amides is 3. The highest BCUT2D eigenvalue weighted by molar-refractivity contribution is 5.87. The second-order valence-corrected chi connectivity index (χ2v) is 5.75. The lowest BCUT2D eigenvalue weighted by atomic mass is 10.00. The summed E-state index contributed by atoms with van der Waals surface area (Å²) in [5.41, 5.74) is -1.11. The van der Waals surface area contributed by atoms with E-state index in [0.717, 1.165) is 0 Å². The van der Waals surface area contributed by atoms with Crippen LogP contribution in [0.3, 0.4) is 0 Å². The standard InChI is InChI=1S/C13H21N3O4/c1-9(17)14-10-4-7-15(8-10)12(20)16-6-3-5-13(16,2)11(18)19/h10H,3-8H2,1-2H3,(H,14,17)(H,18,19). The molecule has 3 amide bonds. The van der Waals surface area contributed by atoms with Crippen LogP contribution < -0.4 is 5.32 Å². The van der Waals surface area contributed by atoms with Crippen LogP contribution in [0.4, 0.5) is 4.79 Å². The number of hydrogen-bond acceptors (Lipinski definition) is 3. The quantitative estimate of drug-likeness (QED) is 0.760. The molecule has 20 heavy (non-hydrogen) atoms. The predicted octanol–water partition coefficient (Wildman–Crippen LogP) is 0.256. The first-order valence-corrected chi connectivity index (χ1v) is 6.91. The molecule has 0 aromatic heterocycles. The van der Waals surface area contributed by atoms with Gasteiger partial charge in [-0.15, -0.1) is 0 Å². The molecule has 0 spiro atoms. The van der Waals surface area contributed by atoms with Crippen LogP contribution in [0.2, 0.25) is 0 Å². The third kappa shape index (κ3) is 2.57. The molecule has 2 unspecified atom stereocenters. The molecular weight excluding hydrogens is 262 g/mol. The van der Waals surface area contributed by atoms with E-state index in [9.17, 15) is 19.5 Å². The molecule has 0 aromatic carbocycles. The molecule has 7 nitrogen and oxygen atoms in total. The van der Waals surface area contributed by atoms with Crippen molar-refractivity contribution in [3.05, 3.63) is 0 Å². The van der Waals surface area contributed by atoms with E-state index in [1.165, 1.54) is 11.8 Å². The fourth-order valence-corrected chi connectivity index (χ4v) is 3.00. The van der Waals surface area contributed by atoms with Gasteiger partial charge < -0.3 is 20.2 Å². The fourth-order valence-electron chi connectivity index (χ4n) is 3.00. The Labute approximate surface area is 117 Å². The van der Waals surface area contributed by atoms with Gasteiger partial charge in [0.25, 0.3) is 0 Å². The summed E-state index contributed by atoms with van der Waals surface area (Å²) in [6.45, 7) is 4.53. The molecule has 2 N–H and O–H groups in total. The van der Waals surface area contributed by atoms with Crippen LogP contribution >= 0.6 is 0 Å². The van der Waals surface area contributed by atoms with Gasteiger partial charge in [0.05, 0.1) is 0 Å². The van der Waals surface area contributed by atoms with Gasteiger partial charge in [0.1, 0.15) is 5.54 Å². The Hall–Kier alpha value is -1.79. The van der Waals surface area contributed by atoms with Crippen molar-refractivity contribution in [1.82, 2.24) is 15.1 Å². The van der Waals surface area contributed by atoms with Crippen molar-refractivity contribution >= 4 is 17.9 Å². The van der Waals surface area contributed by atoms with E-state index in [-0.39, 0.29) is 18.0 Å². The Balaban J connectivity index is 2.02. The van der Waals surface area contributed by atoms with Gasteiger partial charge in [-0.2, -0.15) is 0 Å². The van der Waals surface area contributed by atoms with Gasteiger partial charge >= 0.3 is 12.0 Å². The zero-order valence-electron chi connectivity index (χ0n) is 11.9. The Morgan fingerprint density at radius 3 is 2.60 bits per heavy atom. The SMILES string of the molecule is CC(=O)NC1CCN(C(=O)N2CCCC2(C)C(=O)O)C1. The predicted molar refractivity (Wildman–Crippen MR) is 71.2 cm³/mol. The number of nitrogens with zero attached hydrogens (tertiary/aromatic N) is 2. The van der Waals surface area contributed by atoms with Crippen molar-refractivity contribution < 1.29 is 19.5 Å². The number of rotatable bonds is 2. The number of aliphatic carboxylic acids is 1. The highest BCUT2D eigenvalue weighted by Gasteiger charge is 2.47. The van der Waals surface area contributed by atoms with E-state index in [2.05, 4.69) is 5.32 Å². The molecule has 2 rings (SSSR count).